The molecule has 0 unspecified atom stereocenters. The second-order valence-corrected chi connectivity index (χ2v) is 6.67. The number of fused-ring (bicyclic) bond motifs is 1. The number of nitrogens with zero attached hydrogens (tertiary/aromatic N) is 2. The van der Waals surface area contributed by atoms with Crippen LogP contribution in [0.15, 0.2) is 10.6 Å². The lowest BCUT2D eigenvalue weighted by Gasteiger charge is -2.26. The lowest BCUT2D eigenvalue weighted by atomic mass is 9.82. The molecule has 2 rings (SSSR count). The maximum absolute atomic E-state index is 12.8. The fourth-order valence-corrected chi connectivity index (χ4v) is 2.81. The van der Waals surface area contributed by atoms with Gasteiger partial charge in [-0.3, -0.25) is 9.59 Å². The average molecular weight is 347 g/mol. The standard InChI is InChI=1S/C18H25N3O4/c1-6-18(7-2,17(23)24)9-19-15(22)12-8-13(10(3)4)20-16-14(12)11(5)21-25-16/h8,10H,6-7,9H2,1-5H3,(H,19,22)(H,23,24). The molecular weight excluding hydrogens is 322 g/mol. The summed E-state index contributed by atoms with van der Waals surface area (Å²) in [7, 11) is 0. The summed E-state index contributed by atoms with van der Waals surface area (Å²) in [5.41, 5.74) is 1.08. The summed E-state index contributed by atoms with van der Waals surface area (Å²) >= 11 is 0. The van der Waals surface area contributed by atoms with E-state index in [9.17, 15) is 14.7 Å². The Morgan fingerprint density at radius 2 is 1.96 bits per heavy atom. The van der Waals surface area contributed by atoms with Gasteiger partial charge in [-0.15, -0.1) is 0 Å². The molecule has 25 heavy (non-hydrogen) atoms. The molecule has 1 amide bonds. The number of aromatic nitrogens is 2. The van der Waals surface area contributed by atoms with Gasteiger partial charge in [0.2, 0.25) is 0 Å². The van der Waals surface area contributed by atoms with Crippen LogP contribution in [0.4, 0.5) is 0 Å². The van der Waals surface area contributed by atoms with Crippen molar-refractivity contribution < 1.29 is 19.2 Å². The summed E-state index contributed by atoms with van der Waals surface area (Å²) in [6, 6.07) is 1.73. The maximum Gasteiger partial charge on any atom is 0.311 e. The summed E-state index contributed by atoms with van der Waals surface area (Å²) in [5, 5.41) is 16.8. The van der Waals surface area contributed by atoms with Crippen molar-refractivity contribution >= 4 is 23.0 Å². The Hall–Kier alpha value is -2.44. The van der Waals surface area contributed by atoms with E-state index in [1.54, 1.807) is 13.0 Å². The van der Waals surface area contributed by atoms with Crippen molar-refractivity contribution in [1.29, 1.82) is 0 Å². The Labute approximate surface area is 146 Å². The number of carbonyl (C=O) groups is 2. The molecule has 0 aliphatic carbocycles. The number of carboxylic acids is 1. The number of pyridine rings is 1. The molecule has 2 aromatic heterocycles. The van der Waals surface area contributed by atoms with Crippen molar-refractivity contribution in [3.05, 3.63) is 23.0 Å². The lowest BCUT2D eigenvalue weighted by Crippen LogP contribution is -2.42. The minimum absolute atomic E-state index is 0.0688. The van der Waals surface area contributed by atoms with Crippen molar-refractivity contribution in [1.82, 2.24) is 15.5 Å². The number of amides is 1. The zero-order chi connectivity index (χ0) is 18.8. The first-order valence-corrected chi connectivity index (χ1v) is 8.54. The highest BCUT2D eigenvalue weighted by molar-refractivity contribution is 6.06. The molecule has 0 radical (unpaired) electrons. The van der Waals surface area contributed by atoms with Gasteiger partial charge >= 0.3 is 5.97 Å². The molecule has 0 saturated heterocycles. The normalized spacial score (nSPS) is 11.9. The van der Waals surface area contributed by atoms with Crippen molar-refractivity contribution in [2.75, 3.05) is 6.54 Å². The molecule has 2 heterocycles. The van der Waals surface area contributed by atoms with Gasteiger partial charge in [0.05, 0.1) is 22.1 Å². The van der Waals surface area contributed by atoms with Crippen molar-refractivity contribution in [2.24, 2.45) is 5.41 Å². The van der Waals surface area contributed by atoms with E-state index >= 15 is 0 Å². The highest BCUT2D eigenvalue weighted by Crippen LogP contribution is 2.27. The lowest BCUT2D eigenvalue weighted by molar-refractivity contribution is -0.149. The molecule has 0 bridgehead atoms. The maximum atomic E-state index is 12.8. The number of carbonyl (C=O) groups excluding carboxylic acids is 1. The predicted octanol–water partition coefficient (Wildman–Crippen LogP) is 3.28. The molecule has 0 saturated carbocycles. The minimum atomic E-state index is -0.966. The number of carboxylic acid groups (broad SMARTS) is 1. The predicted molar refractivity (Wildman–Crippen MR) is 93.6 cm³/mol. The van der Waals surface area contributed by atoms with Crippen LogP contribution in [0, 0.1) is 12.3 Å². The number of nitrogens with one attached hydrogen (secondary N) is 1. The summed E-state index contributed by atoms with van der Waals surface area (Å²) in [6.45, 7) is 9.40. The van der Waals surface area contributed by atoms with E-state index in [0.29, 0.717) is 35.2 Å². The molecule has 0 aromatic carbocycles. The van der Waals surface area contributed by atoms with E-state index in [1.165, 1.54) is 0 Å². The molecule has 2 N–H and O–H groups in total. The summed E-state index contributed by atoms with van der Waals surface area (Å²) < 4.78 is 5.22. The fourth-order valence-electron chi connectivity index (χ4n) is 2.81. The molecule has 0 fully saturated rings. The van der Waals surface area contributed by atoms with Crippen LogP contribution in [0.5, 0.6) is 0 Å². The molecule has 0 aliphatic heterocycles. The van der Waals surface area contributed by atoms with E-state index < -0.39 is 11.4 Å². The zero-order valence-corrected chi connectivity index (χ0v) is 15.3. The van der Waals surface area contributed by atoms with Gasteiger partial charge in [0.25, 0.3) is 11.6 Å². The van der Waals surface area contributed by atoms with E-state index in [1.807, 2.05) is 27.7 Å². The Kier molecular flexibility index (Phi) is 5.45. The molecular formula is C18H25N3O4. The number of aryl methyl sites for hydroxylation is 1. The number of hydrogen-bond acceptors (Lipinski definition) is 5. The Balaban J connectivity index is 2.39. The van der Waals surface area contributed by atoms with E-state index in [2.05, 4.69) is 15.5 Å². The van der Waals surface area contributed by atoms with Crippen LogP contribution in [0.1, 0.15) is 68.2 Å². The first kappa shape index (κ1) is 18.9. The van der Waals surface area contributed by atoms with Crippen LogP contribution in [0.3, 0.4) is 0 Å². The SMILES string of the molecule is CCC(CC)(CNC(=O)c1cc(C(C)C)nc2onc(C)c12)C(=O)O. The van der Waals surface area contributed by atoms with Crippen LogP contribution in [-0.2, 0) is 4.79 Å². The molecule has 7 heteroatoms. The average Bonchev–Trinajstić information content (AvgIpc) is 2.96. The second-order valence-electron chi connectivity index (χ2n) is 6.67. The Morgan fingerprint density at radius 1 is 1.32 bits per heavy atom. The highest BCUT2D eigenvalue weighted by atomic mass is 16.5. The molecule has 0 aliphatic rings. The smallest absolute Gasteiger partial charge is 0.311 e. The van der Waals surface area contributed by atoms with Crippen LogP contribution in [-0.4, -0.2) is 33.7 Å². The van der Waals surface area contributed by atoms with Crippen molar-refractivity contribution in [2.45, 2.75) is 53.4 Å². The van der Waals surface area contributed by atoms with E-state index in [0.717, 1.165) is 5.69 Å². The van der Waals surface area contributed by atoms with Crippen molar-refractivity contribution in [3.8, 4) is 0 Å². The van der Waals surface area contributed by atoms with E-state index in [4.69, 9.17) is 4.52 Å². The molecule has 0 spiro atoms. The van der Waals surface area contributed by atoms with Gasteiger partial charge in [-0.05, 0) is 31.7 Å². The monoisotopic (exact) mass is 347 g/mol. The van der Waals surface area contributed by atoms with E-state index in [-0.39, 0.29) is 18.4 Å². The topological polar surface area (TPSA) is 105 Å². The summed E-state index contributed by atoms with van der Waals surface area (Å²) in [4.78, 5) is 28.8. The third-order valence-corrected chi connectivity index (χ3v) is 4.87. The number of hydrogen-bond donors (Lipinski definition) is 2. The highest BCUT2D eigenvalue weighted by Gasteiger charge is 2.35. The fraction of sp³-hybridized carbons (Fsp3) is 0.556. The van der Waals surface area contributed by atoms with Gasteiger partial charge in [-0.25, -0.2) is 4.98 Å². The van der Waals surface area contributed by atoms with Crippen LogP contribution in [0.2, 0.25) is 0 Å². The number of rotatable bonds is 7. The first-order chi connectivity index (χ1) is 11.8. The quantitative estimate of drug-likeness (QED) is 0.796. The van der Waals surface area contributed by atoms with Gasteiger partial charge in [-0.2, -0.15) is 0 Å². The van der Waals surface area contributed by atoms with Crippen LogP contribution < -0.4 is 5.32 Å². The van der Waals surface area contributed by atoms with Gasteiger partial charge in [-0.1, -0.05) is 32.9 Å². The number of aliphatic carboxylic acids is 1. The van der Waals surface area contributed by atoms with Gasteiger partial charge in [0, 0.05) is 12.2 Å². The van der Waals surface area contributed by atoms with Gasteiger partial charge in [0.15, 0.2) is 0 Å². The first-order valence-electron chi connectivity index (χ1n) is 8.54. The minimum Gasteiger partial charge on any atom is -0.481 e. The van der Waals surface area contributed by atoms with Gasteiger partial charge in [0.1, 0.15) is 0 Å². The van der Waals surface area contributed by atoms with Crippen molar-refractivity contribution in [3.63, 3.8) is 0 Å². The Bertz CT molecular complexity index is 791. The molecule has 2 aromatic rings. The van der Waals surface area contributed by atoms with Crippen LogP contribution >= 0.6 is 0 Å². The summed E-state index contributed by atoms with van der Waals surface area (Å²) in [6.07, 6.45) is 0.878. The molecule has 7 nitrogen and oxygen atoms in total. The largest absolute Gasteiger partial charge is 0.481 e. The Morgan fingerprint density at radius 3 is 2.48 bits per heavy atom. The third kappa shape index (κ3) is 3.50. The van der Waals surface area contributed by atoms with Gasteiger partial charge < -0.3 is 14.9 Å². The van der Waals surface area contributed by atoms with Crippen LogP contribution in [0.25, 0.3) is 11.1 Å². The summed E-state index contributed by atoms with van der Waals surface area (Å²) in [5.74, 6) is -1.12. The third-order valence-electron chi connectivity index (χ3n) is 4.87. The zero-order valence-electron chi connectivity index (χ0n) is 15.3. The second kappa shape index (κ2) is 7.21. The molecule has 136 valence electrons. The molecule has 0 atom stereocenters.